The summed E-state index contributed by atoms with van der Waals surface area (Å²) in [6.45, 7) is 4.36. The van der Waals surface area contributed by atoms with Gasteiger partial charge >= 0.3 is 0 Å². The van der Waals surface area contributed by atoms with E-state index in [1.165, 1.54) is 5.56 Å². The van der Waals surface area contributed by atoms with E-state index in [4.69, 9.17) is 15.2 Å². The van der Waals surface area contributed by atoms with Crippen molar-refractivity contribution >= 4 is 21.8 Å². The van der Waals surface area contributed by atoms with Gasteiger partial charge in [-0.3, -0.25) is 9.69 Å². The highest BCUT2D eigenvalue weighted by Gasteiger charge is 2.32. The minimum atomic E-state index is -0.677. The van der Waals surface area contributed by atoms with Crippen LogP contribution in [0, 0.1) is 0 Å². The SMILES string of the molecule is CCc1ccc(C(C(N)=O)N2CCC(NCC(O)C3COc4ccccc4O3)CC2)cc1Br. The number of aliphatic hydroxyl groups excluding tert-OH is 1. The number of benzene rings is 2. The number of para-hydroxylation sites is 2. The average Bonchev–Trinajstić information content (AvgIpc) is 2.83. The molecule has 0 bridgehead atoms. The maximum atomic E-state index is 12.3. The van der Waals surface area contributed by atoms with Gasteiger partial charge in [-0.25, -0.2) is 0 Å². The van der Waals surface area contributed by atoms with Crippen LogP contribution < -0.4 is 20.5 Å². The number of rotatable bonds is 8. The lowest BCUT2D eigenvalue weighted by Crippen LogP contribution is -2.50. The number of piperidine rings is 1. The maximum absolute atomic E-state index is 12.3. The number of ether oxygens (including phenoxy) is 2. The molecule has 7 nitrogen and oxygen atoms in total. The number of halogens is 1. The Morgan fingerprint density at radius 2 is 1.97 bits per heavy atom. The highest BCUT2D eigenvalue weighted by atomic mass is 79.9. The molecular weight excluding hydrogens is 486 g/mol. The van der Waals surface area contributed by atoms with Gasteiger partial charge < -0.3 is 25.6 Å². The topological polar surface area (TPSA) is 97.1 Å². The Morgan fingerprint density at radius 3 is 2.64 bits per heavy atom. The van der Waals surface area contributed by atoms with E-state index in [0.717, 1.165) is 42.4 Å². The van der Waals surface area contributed by atoms with Crippen LogP contribution in [0.2, 0.25) is 0 Å². The second kappa shape index (κ2) is 10.9. The molecule has 0 spiro atoms. The van der Waals surface area contributed by atoms with Gasteiger partial charge in [0.05, 0.1) is 0 Å². The number of carbonyl (C=O) groups excluding carboxylic acids is 1. The molecule has 2 aliphatic heterocycles. The number of amides is 1. The first-order chi connectivity index (χ1) is 16.0. The first-order valence-corrected chi connectivity index (χ1v) is 12.4. The zero-order chi connectivity index (χ0) is 23.4. The fraction of sp³-hybridized carbons (Fsp3) is 0.480. The van der Waals surface area contributed by atoms with E-state index in [0.29, 0.717) is 24.7 Å². The molecule has 33 heavy (non-hydrogen) atoms. The van der Waals surface area contributed by atoms with Crippen LogP contribution in [0.1, 0.15) is 36.9 Å². The highest BCUT2D eigenvalue weighted by molar-refractivity contribution is 9.10. The van der Waals surface area contributed by atoms with E-state index in [2.05, 4.69) is 39.1 Å². The van der Waals surface area contributed by atoms with Crippen LogP contribution in [0.4, 0.5) is 0 Å². The molecule has 1 fully saturated rings. The zero-order valence-corrected chi connectivity index (χ0v) is 20.5. The molecule has 0 saturated carbocycles. The first-order valence-electron chi connectivity index (χ1n) is 11.6. The second-order valence-corrected chi connectivity index (χ2v) is 9.56. The molecule has 2 aliphatic rings. The molecule has 2 aromatic carbocycles. The fourth-order valence-electron chi connectivity index (χ4n) is 4.58. The van der Waals surface area contributed by atoms with Gasteiger partial charge in [0.25, 0.3) is 0 Å². The number of aryl methyl sites for hydroxylation is 1. The quantitative estimate of drug-likeness (QED) is 0.498. The molecule has 2 heterocycles. The van der Waals surface area contributed by atoms with Crippen molar-refractivity contribution in [2.45, 2.75) is 50.5 Å². The van der Waals surface area contributed by atoms with E-state index in [9.17, 15) is 9.90 Å². The summed E-state index contributed by atoms with van der Waals surface area (Å²) >= 11 is 3.61. The third-order valence-electron chi connectivity index (χ3n) is 6.51. The minimum absolute atomic E-state index is 0.260. The molecule has 0 radical (unpaired) electrons. The Morgan fingerprint density at radius 1 is 1.24 bits per heavy atom. The Labute approximate surface area is 203 Å². The van der Waals surface area contributed by atoms with Crippen LogP contribution in [0.15, 0.2) is 46.9 Å². The maximum Gasteiger partial charge on any atom is 0.239 e. The van der Waals surface area contributed by atoms with E-state index >= 15 is 0 Å². The summed E-state index contributed by atoms with van der Waals surface area (Å²) in [7, 11) is 0. The van der Waals surface area contributed by atoms with Gasteiger partial charge in [-0.2, -0.15) is 0 Å². The molecule has 3 atom stereocenters. The summed E-state index contributed by atoms with van der Waals surface area (Å²) in [5.41, 5.74) is 7.93. The van der Waals surface area contributed by atoms with Crippen molar-refractivity contribution in [1.82, 2.24) is 10.2 Å². The van der Waals surface area contributed by atoms with E-state index in [-0.39, 0.29) is 11.9 Å². The normalized spacial score (nSPS) is 20.9. The Hall–Kier alpha value is -2.13. The minimum Gasteiger partial charge on any atom is -0.486 e. The highest BCUT2D eigenvalue weighted by Crippen LogP contribution is 2.32. The number of aliphatic hydroxyl groups is 1. The third-order valence-corrected chi connectivity index (χ3v) is 7.25. The number of likely N-dealkylation sites (tertiary alicyclic amines) is 1. The number of fused-ring (bicyclic) bond motifs is 1. The predicted molar refractivity (Wildman–Crippen MR) is 130 cm³/mol. The molecule has 0 aliphatic carbocycles. The van der Waals surface area contributed by atoms with Gasteiger partial charge in [0.2, 0.25) is 5.91 Å². The smallest absolute Gasteiger partial charge is 0.239 e. The van der Waals surface area contributed by atoms with Crippen LogP contribution in [-0.2, 0) is 11.2 Å². The predicted octanol–water partition coefficient (Wildman–Crippen LogP) is 2.79. The molecule has 178 valence electrons. The summed E-state index contributed by atoms with van der Waals surface area (Å²) in [6.07, 6.45) is 1.58. The largest absolute Gasteiger partial charge is 0.486 e. The lowest BCUT2D eigenvalue weighted by atomic mass is 9.97. The summed E-state index contributed by atoms with van der Waals surface area (Å²) in [5.74, 6) is 1.04. The van der Waals surface area contributed by atoms with Crippen molar-refractivity contribution in [1.29, 1.82) is 0 Å². The van der Waals surface area contributed by atoms with Crippen molar-refractivity contribution in [2.24, 2.45) is 5.73 Å². The summed E-state index contributed by atoms with van der Waals surface area (Å²) in [6, 6.07) is 13.4. The van der Waals surface area contributed by atoms with Gasteiger partial charge in [0.15, 0.2) is 17.6 Å². The van der Waals surface area contributed by atoms with Crippen molar-refractivity contribution in [2.75, 3.05) is 26.2 Å². The van der Waals surface area contributed by atoms with Crippen LogP contribution in [0.3, 0.4) is 0 Å². The number of carbonyl (C=O) groups is 1. The monoisotopic (exact) mass is 517 g/mol. The van der Waals surface area contributed by atoms with Crippen LogP contribution >= 0.6 is 15.9 Å². The van der Waals surface area contributed by atoms with Crippen LogP contribution in [-0.4, -0.2) is 60.4 Å². The third kappa shape index (κ3) is 5.69. The lowest BCUT2D eigenvalue weighted by molar-refractivity contribution is -0.124. The van der Waals surface area contributed by atoms with E-state index in [1.807, 2.05) is 36.4 Å². The van der Waals surface area contributed by atoms with Crippen molar-refractivity contribution < 1.29 is 19.4 Å². The van der Waals surface area contributed by atoms with E-state index < -0.39 is 18.2 Å². The molecule has 1 amide bonds. The Kier molecular flexibility index (Phi) is 7.90. The molecular formula is C25H32BrN3O4. The molecule has 2 aromatic rings. The molecule has 4 N–H and O–H groups in total. The standard InChI is InChI=1S/C25H32BrN3O4/c1-2-16-7-8-17(13-19(16)26)24(25(27)31)29-11-9-18(10-12-29)28-14-20(30)23-15-32-21-5-3-4-6-22(21)33-23/h3-8,13,18,20,23-24,28,30H,2,9-12,14-15H2,1H3,(H2,27,31). The molecule has 3 unspecified atom stereocenters. The van der Waals surface area contributed by atoms with Crippen molar-refractivity contribution in [3.63, 3.8) is 0 Å². The summed E-state index contributed by atoms with van der Waals surface area (Å²) < 4.78 is 12.6. The van der Waals surface area contributed by atoms with E-state index in [1.54, 1.807) is 0 Å². The lowest BCUT2D eigenvalue weighted by Gasteiger charge is -2.37. The molecule has 0 aromatic heterocycles. The number of nitrogens with one attached hydrogen (secondary N) is 1. The van der Waals surface area contributed by atoms with Gasteiger partial charge in [-0.05, 0) is 48.6 Å². The summed E-state index contributed by atoms with van der Waals surface area (Å²) in [4.78, 5) is 14.5. The first kappa shape index (κ1) is 24.0. The Balaban J connectivity index is 1.28. The molecule has 4 rings (SSSR count). The van der Waals surface area contributed by atoms with Gasteiger partial charge in [-0.1, -0.05) is 47.1 Å². The number of nitrogens with two attached hydrogens (primary N) is 1. The van der Waals surface area contributed by atoms with Crippen molar-refractivity contribution in [3.8, 4) is 11.5 Å². The number of hydrogen-bond donors (Lipinski definition) is 3. The number of hydrogen-bond acceptors (Lipinski definition) is 6. The van der Waals surface area contributed by atoms with Gasteiger partial charge in [0.1, 0.15) is 18.8 Å². The Bertz CT molecular complexity index is 964. The summed E-state index contributed by atoms with van der Waals surface area (Å²) in [5, 5.41) is 14.1. The zero-order valence-electron chi connectivity index (χ0n) is 18.9. The molecule has 1 saturated heterocycles. The van der Waals surface area contributed by atoms with Gasteiger partial charge in [-0.15, -0.1) is 0 Å². The second-order valence-electron chi connectivity index (χ2n) is 8.71. The van der Waals surface area contributed by atoms with Crippen molar-refractivity contribution in [3.05, 3.63) is 58.1 Å². The number of nitrogens with zero attached hydrogens (tertiary/aromatic N) is 1. The fourth-order valence-corrected chi connectivity index (χ4v) is 5.26. The number of primary amides is 1. The average molecular weight is 518 g/mol. The van der Waals surface area contributed by atoms with Crippen LogP contribution in [0.5, 0.6) is 11.5 Å². The molecule has 8 heteroatoms. The van der Waals surface area contributed by atoms with Crippen LogP contribution in [0.25, 0.3) is 0 Å². The van der Waals surface area contributed by atoms with Gasteiger partial charge in [0, 0.05) is 30.1 Å².